The van der Waals surface area contributed by atoms with Crippen LogP contribution in [0.5, 0.6) is 5.88 Å². The van der Waals surface area contributed by atoms with Gasteiger partial charge >= 0.3 is 16.2 Å². The molecule has 0 fully saturated rings. The molecule has 0 N–H and O–H groups in total. The van der Waals surface area contributed by atoms with Crippen LogP contribution in [0.4, 0.5) is 4.79 Å². The Morgan fingerprint density at radius 1 is 1.25 bits per heavy atom. The van der Waals surface area contributed by atoms with Gasteiger partial charge in [-0.1, -0.05) is 18.2 Å². The number of nitrogens with zero attached hydrogens (tertiary/aromatic N) is 2. The molecule has 9 heteroatoms. The monoisotopic (exact) mass is 408 g/mol. The minimum absolute atomic E-state index is 0.0135. The maximum Gasteiger partial charge on any atom is 0.410 e. The third-order valence-corrected chi connectivity index (χ3v) is 5.58. The van der Waals surface area contributed by atoms with Crippen molar-refractivity contribution in [3.05, 3.63) is 41.7 Å². The van der Waals surface area contributed by atoms with Crippen molar-refractivity contribution in [2.24, 2.45) is 0 Å². The van der Waals surface area contributed by atoms with Gasteiger partial charge in [-0.05, 0) is 50.9 Å². The van der Waals surface area contributed by atoms with E-state index in [9.17, 15) is 13.2 Å². The predicted molar refractivity (Wildman–Crippen MR) is 100 cm³/mol. The van der Waals surface area contributed by atoms with Gasteiger partial charge in [0.05, 0.1) is 11.6 Å². The summed E-state index contributed by atoms with van der Waals surface area (Å²) in [6.07, 6.45) is 1.47. The SMILES string of the molecule is CN(C(=O)OC(C)(C)C)[C@@H]1CCCc2onc(OS(=O)(=O)c3ccccc3)c21. The first-order valence-corrected chi connectivity index (χ1v) is 10.4. The molecule has 1 heterocycles. The topological polar surface area (TPSA) is 98.9 Å². The third kappa shape index (κ3) is 4.30. The van der Waals surface area contributed by atoms with E-state index in [-0.39, 0.29) is 10.8 Å². The Morgan fingerprint density at radius 3 is 2.57 bits per heavy atom. The summed E-state index contributed by atoms with van der Waals surface area (Å²) in [4.78, 5) is 13.9. The van der Waals surface area contributed by atoms with Gasteiger partial charge in [-0.15, -0.1) is 0 Å². The van der Waals surface area contributed by atoms with Crippen molar-refractivity contribution in [1.29, 1.82) is 0 Å². The van der Waals surface area contributed by atoms with Crippen LogP contribution in [-0.2, 0) is 21.3 Å². The number of carbonyl (C=O) groups is 1. The van der Waals surface area contributed by atoms with Crippen LogP contribution in [0.15, 0.2) is 39.8 Å². The Morgan fingerprint density at radius 2 is 1.93 bits per heavy atom. The van der Waals surface area contributed by atoms with E-state index in [1.165, 1.54) is 17.0 Å². The van der Waals surface area contributed by atoms with Gasteiger partial charge < -0.3 is 18.3 Å². The summed E-state index contributed by atoms with van der Waals surface area (Å²) in [7, 11) is -2.46. The Hall–Kier alpha value is -2.55. The normalized spacial score (nSPS) is 16.9. The summed E-state index contributed by atoms with van der Waals surface area (Å²) in [6.45, 7) is 5.35. The van der Waals surface area contributed by atoms with Gasteiger partial charge in [-0.2, -0.15) is 8.42 Å². The van der Waals surface area contributed by atoms with Crippen LogP contribution in [0.25, 0.3) is 0 Å². The average Bonchev–Trinajstić information content (AvgIpc) is 3.03. The van der Waals surface area contributed by atoms with Gasteiger partial charge in [0.15, 0.2) is 0 Å². The van der Waals surface area contributed by atoms with Gasteiger partial charge in [0.2, 0.25) is 0 Å². The van der Waals surface area contributed by atoms with Crippen LogP contribution in [0.3, 0.4) is 0 Å². The van der Waals surface area contributed by atoms with Gasteiger partial charge in [0.1, 0.15) is 16.3 Å². The minimum Gasteiger partial charge on any atom is -0.444 e. The van der Waals surface area contributed by atoms with Crippen LogP contribution in [0.2, 0.25) is 0 Å². The number of carbonyl (C=O) groups excluding carboxylic acids is 1. The zero-order valence-corrected chi connectivity index (χ0v) is 17.2. The zero-order valence-electron chi connectivity index (χ0n) is 16.3. The highest BCUT2D eigenvalue weighted by Gasteiger charge is 2.37. The van der Waals surface area contributed by atoms with E-state index in [1.807, 2.05) is 0 Å². The molecule has 1 atom stereocenters. The number of aromatic nitrogens is 1. The number of ether oxygens (including phenoxy) is 1. The molecule has 1 aliphatic rings. The molecule has 152 valence electrons. The highest BCUT2D eigenvalue weighted by Crippen LogP contribution is 2.40. The number of amides is 1. The maximum absolute atomic E-state index is 12.6. The molecule has 0 unspecified atom stereocenters. The summed E-state index contributed by atoms with van der Waals surface area (Å²) in [6, 6.07) is 7.34. The van der Waals surface area contributed by atoms with Crippen molar-refractivity contribution in [3.63, 3.8) is 0 Å². The van der Waals surface area contributed by atoms with Gasteiger partial charge in [-0.3, -0.25) is 0 Å². The lowest BCUT2D eigenvalue weighted by Crippen LogP contribution is -2.37. The Kier molecular flexibility index (Phi) is 5.38. The smallest absolute Gasteiger partial charge is 0.410 e. The van der Waals surface area contributed by atoms with Crippen molar-refractivity contribution in [3.8, 4) is 5.88 Å². The molecule has 0 saturated heterocycles. The summed E-state index contributed by atoms with van der Waals surface area (Å²) in [5.74, 6) is 0.379. The van der Waals surface area contributed by atoms with Crippen molar-refractivity contribution in [2.45, 2.75) is 56.6 Å². The van der Waals surface area contributed by atoms with E-state index < -0.39 is 27.9 Å². The average molecular weight is 408 g/mol. The molecule has 0 saturated carbocycles. The second kappa shape index (κ2) is 7.46. The third-order valence-electron chi connectivity index (χ3n) is 4.35. The second-order valence-corrected chi connectivity index (χ2v) is 9.22. The fraction of sp³-hybridized carbons (Fsp3) is 0.474. The largest absolute Gasteiger partial charge is 0.444 e. The number of fused-ring (bicyclic) bond motifs is 1. The van der Waals surface area contributed by atoms with Crippen molar-refractivity contribution in [2.75, 3.05) is 7.05 Å². The van der Waals surface area contributed by atoms with Crippen molar-refractivity contribution >= 4 is 16.2 Å². The van der Waals surface area contributed by atoms with E-state index >= 15 is 0 Å². The van der Waals surface area contributed by atoms with E-state index in [0.717, 1.165) is 6.42 Å². The summed E-state index contributed by atoms with van der Waals surface area (Å²) in [5.41, 5.74) is -0.174. The molecule has 0 aliphatic heterocycles. The highest BCUT2D eigenvalue weighted by atomic mass is 32.2. The van der Waals surface area contributed by atoms with Gasteiger partial charge in [-0.25, -0.2) is 4.79 Å². The summed E-state index contributed by atoms with van der Waals surface area (Å²) >= 11 is 0. The number of rotatable bonds is 4. The zero-order chi connectivity index (χ0) is 20.5. The number of aryl methyl sites for hydroxylation is 1. The molecule has 1 amide bonds. The molecule has 1 aliphatic carbocycles. The fourth-order valence-electron chi connectivity index (χ4n) is 3.07. The van der Waals surface area contributed by atoms with E-state index in [2.05, 4.69) is 5.16 Å². The highest BCUT2D eigenvalue weighted by molar-refractivity contribution is 7.87. The number of hydrogen-bond donors (Lipinski definition) is 0. The van der Waals surface area contributed by atoms with Gasteiger partial charge in [0.25, 0.3) is 5.88 Å². The lowest BCUT2D eigenvalue weighted by molar-refractivity contribution is 0.0202. The molecule has 2 aromatic rings. The first-order chi connectivity index (χ1) is 13.1. The fourth-order valence-corrected chi connectivity index (χ4v) is 3.99. The molecule has 0 bridgehead atoms. The predicted octanol–water partition coefficient (Wildman–Crippen LogP) is 3.69. The molecular formula is C19H24N2O6S. The molecule has 1 aromatic carbocycles. The van der Waals surface area contributed by atoms with Crippen LogP contribution < -0.4 is 4.18 Å². The maximum atomic E-state index is 12.6. The van der Waals surface area contributed by atoms with Crippen molar-refractivity contribution in [1.82, 2.24) is 10.1 Å². The molecular weight excluding hydrogens is 384 g/mol. The van der Waals surface area contributed by atoms with Crippen LogP contribution in [0.1, 0.15) is 51.0 Å². The molecule has 1 aromatic heterocycles. The van der Waals surface area contributed by atoms with E-state index in [1.54, 1.807) is 46.0 Å². The van der Waals surface area contributed by atoms with Crippen LogP contribution >= 0.6 is 0 Å². The summed E-state index contributed by atoms with van der Waals surface area (Å²) < 4.78 is 41.2. The number of hydrogen-bond acceptors (Lipinski definition) is 7. The summed E-state index contributed by atoms with van der Waals surface area (Å²) in [5, 5.41) is 3.82. The molecule has 28 heavy (non-hydrogen) atoms. The molecule has 0 spiro atoms. The number of benzene rings is 1. The molecule has 3 rings (SSSR count). The van der Waals surface area contributed by atoms with E-state index in [4.69, 9.17) is 13.4 Å². The van der Waals surface area contributed by atoms with Crippen LogP contribution in [-0.4, -0.2) is 37.2 Å². The Labute approximate surface area is 164 Å². The standard InChI is InChI=1S/C19H24N2O6S/c1-19(2,3)25-18(22)21(4)14-11-8-12-15-16(14)17(20-26-15)27-28(23,24)13-9-6-5-7-10-13/h5-7,9-10,14H,8,11-12H2,1-4H3/t14-/m1/s1. The first-order valence-electron chi connectivity index (χ1n) is 9.02. The Bertz CT molecular complexity index is 947. The lowest BCUT2D eigenvalue weighted by Gasteiger charge is -2.32. The Balaban J connectivity index is 1.90. The van der Waals surface area contributed by atoms with Crippen molar-refractivity contribution < 1.29 is 26.7 Å². The second-order valence-electron chi connectivity index (χ2n) is 7.67. The molecule has 8 nitrogen and oxygen atoms in total. The first kappa shape index (κ1) is 20.2. The van der Waals surface area contributed by atoms with E-state index in [0.29, 0.717) is 24.2 Å². The lowest BCUT2D eigenvalue weighted by atomic mass is 9.92. The quantitative estimate of drug-likeness (QED) is 0.712. The minimum atomic E-state index is -4.07. The molecule has 0 radical (unpaired) electrons. The van der Waals surface area contributed by atoms with Crippen LogP contribution in [0, 0.1) is 0 Å². The van der Waals surface area contributed by atoms with Gasteiger partial charge in [0, 0.05) is 13.5 Å².